The minimum absolute atomic E-state index is 0.0880. The molecule has 33 heavy (non-hydrogen) atoms. The molecule has 5 aliphatic rings. The van der Waals surface area contributed by atoms with E-state index in [9.17, 15) is 31.1 Å². The average Bonchev–Trinajstić information content (AvgIpc) is 3.22. The van der Waals surface area contributed by atoms with Crippen LogP contribution in [0, 0.1) is 5.92 Å². The van der Waals surface area contributed by atoms with Gasteiger partial charge in [0.1, 0.15) is 6.61 Å². The van der Waals surface area contributed by atoms with Gasteiger partial charge in [0.05, 0.1) is 24.2 Å². The van der Waals surface area contributed by atoms with Gasteiger partial charge in [0.25, 0.3) is 0 Å². The van der Waals surface area contributed by atoms with Crippen molar-refractivity contribution >= 4 is 5.91 Å². The van der Waals surface area contributed by atoms with Crippen molar-refractivity contribution in [3.05, 3.63) is 11.8 Å². The summed E-state index contributed by atoms with van der Waals surface area (Å²) in [6.07, 6.45) is -8.23. The molecule has 2 atom stereocenters. The minimum Gasteiger partial charge on any atom is -0.424 e. The van der Waals surface area contributed by atoms with Crippen LogP contribution in [0.1, 0.15) is 56.2 Å². The van der Waals surface area contributed by atoms with E-state index in [0.717, 1.165) is 0 Å². The maximum Gasteiger partial charge on any atom is 0.522 e. The number of carbonyl (C=O) groups is 1. The Morgan fingerprint density at radius 3 is 2.36 bits per heavy atom. The Labute approximate surface area is 183 Å². The van der Waals surface area contributed by atoms with Gasteiger partial charge >= 0.3 is 12.7 Å². The second-order valence-corrected chi connectivity index (χ2v) is 9.53. The van der Waals surface area contributed by atoms with Gasteiger partial charge in [-0.3, -0.25) is 14.3 Å². The zero-order valence-corrected chi connectivity index (χ0v) is 17.2. The number of carbonyl (C=O) groups excluding carboxylic acids is 1. The Morgan fingerprint density at radius 2 is 1.73 bits per heavy atom. The van der Waals surface area contributed by atoms with E-state index >= 15 is 0 Å². The Balaban J connectivity index is 1.01. The van der Waals surface area contributed by atoms with E-state index in [-0.39, 0.29) is 48.1 Å². The van der Waals surface area contributed by atoms with Gasteiger partial charge in [-0.15, -0.1) is 36.5 Å². The lowest BCUT2D eigenvalue weighted by molar-refractivity contribution is -0.357. The summed E-state index contributed by atoms with van der Waals surface area (Å²) in [6, 6.07) is 0. The minimum atomic E-state index is -4.67. The molecule has 0 aromatic carbocycles. The second-order valence-electron chi connectivity index (χ2n) is 9.53. The molecule has 14 heteroatoms. The van der Waals surface area contributed by atoms with E-state index in [2.05, 4.69) is 25.0 Å². The fraction of sp³-hybridized carbons (Fsp3) is 0.842. The maximum atomic E-state index is 12.2. The fourth-order valence-electron chi connectivity index (χ4n) is 5.15. The molecule has 5 aliphatic carbocycles. The lowest BCUT2D eigenvalue weighted by atomic mass is 9.39. The van der Waals surface area contributed by atoms with E-state index in [4.69, 9.17) is 9.15 Å². The van der Waals surface area contributed by atoms with Crippen molar-refractivity contribution in [3.63, 3.8) is 0 Å². The van der Waals surface area contributed by atoms with Gasteiger partial charge in [0, 0.05) is 24.3 Å². The molecule has 8 nitrogen and oxygen atoms in total. The highest BCUT2D eigenvalue weighted by molar-refractivity contribution is 5.79. The molecule has 184 valence electrons. The third-order valence-corrected chi connectivity index (χ3v) is 6.83. The summed E-state index contributed by atoms with van der Waals surface area (Å²) < 4.78 is 91.5. The van der Waals surface area contributed by atoms with Crippen LogP contribution in [-0.4, -0.2) is 59.8 Å². The molecular weight excluding hydrogens is 464 g/mol. The van der Waals surface area contributed by atoms with Gasteiger partial charge in [-0.1, -0.05) is 0 Å². The molecule has 2 bridgehead atoms. The number of amides is 1. The van der Waals surface area contributed by atoms with Gasteiger partial charge in [-0.2, -0.15) is 0 Å². The van der Waals surface area contributed by atoms with Crippen LogP contribution in [-0.2, 0) is 24.4 Å². The number of ether oxygens (including phenoxy) is 3. The molecule has 0 radical (unpaired) electrons. The van der Waals surface area contributed by atoms with Crippen molar-refractivity contribution in [2.45, 2.75) is 80.3 Å². The molecule has 5 fully saturated rings. The summed E-state index contributed by atoms with van der Waals surface area (Å²) in [6.45, 7) is -0.684. The van der Waals surface area contributed by atoms with Crippen LogP contribution < -0.4 is 5.32 Å². The van der Waals surface area contributed by atoms with Gasteiger partial charge in [-0.05, 0) is 31.6 Å². The number of alkyl halides is 6. The van der Waals surface area contributed by atoms with E-state index in [0.29, 0.717) is 37.5 Å². The Hall–Kier alpha value is -1.93. The highest BCUT2D eigenvalue weighted by atomic mass is 19.4. The predicted molar refractivity (Wildman–Crippen MR) is 93.5 cm³/mol. The van der Waals surface area contributed by atoms with E-state index in [1.54, 1.807) is 0 Å². The summed E-state index contributed by atoms with van der Waals surface area (Å²) in [5, 5.41) is 10.9. The van der Waals surface area contributed by atoms with Gasteiger partial charge in [0.2, 0.25) is 17.7 Å². The zero-order chi connectivity index (χ0) is 23.6. The van der Waals surface area contributed by atoms with Crippen LogP contribution in [0.2, 0.25) is 0 Å². The molecule has 1 amide bonds. The number of hydrogen-bond acceptors (Lipinski definition) is 7. The monoisotopic (exact) mass is 485 g/mol. The molecule has 1 aromatic rings. The van der Waals surface area contributed by atoms with E-state index in [1.807, 2.05) is 0 Å². The SMILES string of the molecule is O=C(CO[C@H]1C[C@@H](OC(F)(F)F)C1)NC12CC(c3nnc([C@H]4CC4COC(F)(F)F)o3)(C1)C2. The molecular formula is C19H21F6N3O5. The maximum absolute atomic E-state index is 12.2. The third-order valence-electron chi connectivity index (χ3n) is 6.83. The number of hydrogen-bond donors (Lipinski definition) is 1. The average molecular weight is 485 g/mol. The number of nitrogens with one attached hydrogen (secondary N) is 1. The van der Waals surface area contributed by atoms with Crippen LogP contribution in [0.5, 0.6) is 0 Å². The summed E-state index contributed by atoms with van der Waals surface area (Å²) in [5.41, 5.74) is -0.721. The number of aromatic nitrogens is 2. The number of halogens is 6. The van der Waals surface area contributed by atoms with E-state index < -0.39 is 31.5 Å². The highest BCUT2D eigenvalue weighted by Crippen LogP contribution is 2.67. The molecule has 0 aliphatic heterocycles. The largest absolute Gasteiger partial charge is 0.522 e. The summed E-state index contributed by atoms with van der Waals surface area (Å²) in [7, 11) is 0. The quantitative estimate of drug-likeness (QED) is 0.537. The lowest BCUT2D eigenvalue weighted by Crippen LogP contribution is -2.77. The lowest BCUT2D eigenvalue weighted by Gasteiger charge is -2.68. The van der Waals surface area contributed by atoms with Crippen molar-refractivity contribution in [1.82, 2.24) is 15.5 Å². The third kappa shape index (κ3) is 4.83. The zero-order valence-electron chi connectivity index (χ0n) is 17.2. The first kappa shape index (κ1) is 22.8. The molecule has 1 N–H and O–H groups in total. The van der Waals surface area contributed by atoms with Crippen LogP contribution in [0.15, 0.2) is 4.42 Å². The van der Waals surface area contributed by atoms with Gasteiger partial charge < -0.3 is 14.5 Å². The first-order chi connectivity index (χ1) is 15.3. The molecule has 6 rings (SSSR count). The first-order valence-electron chi connectivity index (χ1n) is 10.6. The Bertz CT molecular complexity index is 893. The molecule has 5 saturated carbocycles. The molecule has 0 saturated heterocycles. The predicted octanol–water partition coefficient (Wildman–Crippen LogP) is 3.08. The van der Waals surface area contributed by atoms with Crippen LogP contribution in [0.25, 0.3) is 0 Å². The van der Waals surface area contributed by atoms with Crippen molar-refractivity contribution in [2.24, 2.45) is 5.92 Å². The van der Waals surface area contributed by atoms with Gasteiger partial charge in [-0.25, -0.2) is 0 Å². The van der Waals surface area contributed by atoms with Crippen LogP contribution in [0.3, 0.4) is 0 Å². The van der Waals surface area contributed by atoms with Crippen molar-refractivity contribution in [3.8, 4) is 0 Å². The topological polar surface area (TPSA) is 95.7 Å². The van der Waals surface area contributed by atoms with Crippen molar-refractivity contribution < 1.29 is 49.8 Å². The molecule has 0 spiro atoms. The number of nitrogens with zero attached hydrogens (tertiary/aromatic N) is 2. The van der Waals surface area contributed by atoms with Crippen molar-refractivity contribution in [1.29, 1.82) is 0 Å². The number of rotatable bonds is 9. The standard InChI is InChI=1S/C19H21F6N3O5/c20-18(21,22)31-4-9-1-12(9)14-27-28-15(32-14)16-6-17(7-16,8-16)26-13(29)5-30-10-2-11(3-10)33-19(23,24)25/h9-12H,1-8H2,(H,26,29)/t9?,10-,11+,12-,16?,17?/m0/s1. The summed E-state index contributed by atoms with van der Waals surface area (Å²) in [5.74, 6) is -0.146. The second kappa shape index (κ2) is 7.54. The molecule has 1 aromatic heterocycles. The summed E-state index contributed by atoms with van der Waals surface area (Å²) in [4.78, 5) is 12.2. The normalized spacial score (nSPS) is 37.0. The van der Waals surface area contributed by atoms with Crippen molar-refractivity contribution in [2.75, 3.05) is 13.2 Å². The molecule has 1 unspecified atom stereocenters. The molecule has 1 heterocycles. The van der Waals surface area contributed by atoms with E-state index in [1.165, 1.54) is 0 Å². The summed E-state index contributed by atoms with van der Waals surface area (Å²) >= 11 is 0. The van der Waals surface area contributed by atoms with Crippen LogP contribution >= 0.6 is 0 Å². The fourth-order valence-corrected chi connectivity index (χ4v) is 5.15. The van der Waals surface area contributed by atoms with Crippen LogP contribution in [0.4, 0.5) is 26.3 Å². The van der Waals surface area contributed by atoms with Gasteiger partial charge in [0.15, 0.2) is 0 Å². The Kier molecular flexibility index (Phi) is 5.22. The smallest absolute Gasteiger partial charge is 0.424 e. The Morgan fingerprint density at radius 1 is 1.03 bits per heavy atom. The highest BCUT2D eigenvalue weighted by Gasteiger charge is 2.72. The first-order valence-corrected chi connectivity index (χ1v) is 10.6.